The van der Waals surface area contributed by atoms with Crippen LogP contribution in [0.4, 0.5) is 0 Å². The Morgan fingerprint density at radius 2 is 2.14 bits per heavy atom. The number of rotatable bonds is 0. The Hall–Kier alpha value is -1.33. The zero-order valence-electron chi connectivity index (χ0n) is 8.46. The standard InChI is InChI=1S/C12H13NO/c1-9-7-10(2)11(13-8-9)3-4-12(14)5-6-12/h7-8,14H,5-6H2,1-2H3. The van der Waals surface area contributed by atoms with Crippen LogP contribution in [0.1, 0.15) is 29.7 Å². The molecule has 0 spiro atoms. The fourth-order valence-electron chi connectivity index (χ4n) is 1.27. The van der Waals surface area contributed by atoms with E-state index in [1.807, 2.05) is 19.9 Å². The van der Waals surface area contributed by atoms with Crippen LogP contribution < -0.4 is 0 Å². The minimum atomic E-state index is -0.709. The summed E-state index contributed by atoms with van der Waals surface area (Å²) in [5, 5.41) is 9.53. The van der Waals surface area contributed by atoms with Crippen LogP contribution in [-0.4, -0.2) is 15.7 Å². The van der Waals surface area contributed by atoms with Gasteiger partial charge in [-0.1, -0.05) is 12.0 Å². The van der Waals surface area contributed by atoms with Gasteiger partial charge in [-0.2, -0.15) is 0 Å². The van der Waals surface area contributed by atoms with Crippen LogP contribution >= 0.6 is 0 Å². The van der Waals surface area contributed by atoms with Gasteiger partial charge in [0.15, 0.2) is 0 Å². The predicted molar refractivity (Wildman–Crippen MR) is 54.8 cm³/mol. The lowest BCUT2D eigenvalue weighted by atomic mass is 10.1. The van der Waals surface area contributed by atoms with Crippen molar-refractivity contribution in [3.8, 4) is 11.8 Å². The van der Waals surface area contributed by atoms with Crippen molar-refractivity contribution in [2.24, 2.45) is 0 Å². The lowest BCUT2D eigenvalue weighted by Gasteiger charge is -1.98. The third kappa shape index (κ3) is 1.94. The van der Waals surface area contributed by atoms with E-state index in [0.29, 0.717) is 0 Å². The molecule has 1 saturated carbocycles. The van der Waals surface area contributed by atoms with Gasteiger partial charge in [0.2, 0.25) is 0 Å². The van der Waals surface area contributed by atoms with Crippen LogP contribution in [-0.2, 0) is 0 Å². The zero-order valence-corrected chi connectivity index (χ0v) is 8.46. The van der Waals surface area contributed by atoms with Gasteiger partial charge >= 0.3 is 0 Å². The van der Waals surface area contributed by atoms with Crippen LogP contribution in [0.2, 0.25) is 0 Å². The van der Waals surface area contributed by atoms with E-state index in [-0.39, 0.29) is 0 Å². The lowest BCUT2D eigenvalue weighted by Crippen LogP contribution is -2.01. The molecule has 0 radical (unpaired) electrons. The first-order valence-corrected chi connectivity index (χ1v) is 4.78. The van der Waals surface area contributed by atoms with E-state index in [1.165, 1.54) is 0 Å². The summed E-state index contributed by atoms with van der Waals surface area (Å²) in [6.07, 6.45) is 3.39. The Morgan fingerprint density at radius 1 is 1.43 bits per heavy atom. The highest BCUT2D eigenvalue weighted by Crippen LogP contribution is 2.33. The summed E-state index contributed by atoms with van der Waals surface area (Å²) in [7, 11) is 0. The van der Waals surface area contributed by atoms with Crippen molar-refractivity contribution in [2.45, 2.75) is 32.3 Å². The van der Waals surface area contributed by atoms with Gasteiger partial charge in [-0.3, -0.25) is 0 Å². The van der Waals surface area contributed by atoms with E-state index in [0.717, 1.165) is 29.7 Å². The molecular formula is C12H13NO. The van der Waals surface area contributed by atoms with Crippen LogP contribution in [0.3, 0.4) is 0 Å². The Kier molecular flexibility index (Phi) is 2.05. The topological polar surface area (TPSA) is 33.1 Å². The molecular weight excluding hydrogens is 174 g/mol. The molecule has 2 nitrogen and oxygen atoms in total. The molecule has 1 fully saturated rings. The SMILES string of the molecule is Cc1cnc(C#CC2(O)CC2)c(C)c1. The molecule has 0 unspecified atom stereocenters. The fraction of sp³-hybridized carbons (Fsp3) is 0.417. The highest BCUT2D eigenvalue weighted by atomic mass is 16.3. The van der Waals surface area contributed by atoms with E-state index in [2.05, 4.69) is 16.8 Å². The number of aliphatic hydroxyl groups is 1. The number of hydrogen-bond donors (Lipinski definition) is 1. The van der Waals surface area contributed by atoms with Crippen molar-refractivity contribution in [1.29, 1.82) is 0 Å². The molecule has 0 bridgehead atoms. The average molecular weight is 187 g/mol. The second-order valence-corrected chi connectivity index (χ2v) is 3.96. The Bertz CT molecular complexity index is 422. The average Bonchev–Trinajstić information content (AvgIpc) is 2.83. The molecule has 14 heavy (non-hydrogen) atoms. The van der Waals surface area contributed by atoms with Crippen molar-refractivity contribution >= 4 is 0 Å². The molecule has 1 aromatic heterocycles. The second-order valence-electron chi connectivity index (χ2n) is 3.96. The van der Waals surface area contributed by atoms with Crippen molar-refractivity contribution in [1.82, 2.24) is 4.98 Å². The summed E-state index contributed by atoms with van der Waals surface area (Å²) >= 11 is 0. The largest absolute Gasteiger partial charge is 0.378 e. The molecule has 2 heteroatoms. The summed E-state index contributed by atoms with van der Waals surface area (Å²) < 4.78 is 0. The maximum absolute atomic E-state index is 9.53. The first kappa shape index (κ1) is 9.23. The van der Waals surface area contributed by atoms with Crippen molar-refractivity contribution in [3.63, 3.8) is 0 Å². The number of aryl methyl sites for hydroxylation is 2. The molecule has 0 aliphatic heterocycles. The molecule has 2 rings (SSSR count). The maximum atomic E-state index is 9.53. The zero-order chi connectivity index (χ0) is 10.2. The highest BCUT2D eigenvalue weighted by Gasteiger charge is 2.38. The van der Waals surface area contributed by atoms with Gasteiger partial charge in [-0.15, -0.1) is 0 Å². The molecule has 1 aromatic rings. The maximum Gasteiger partial charge on any atom is 0.126 e. The normalized spacial score (nSPS) is 17.1. The van der Waals surface area contributed by atoms with Crippen molar-refractivity contribution in [2.75, 3.05) is 0 Å². The van der Waals surface area contributed by atoms with Crippen molar-refractivity contribution in [3.05, 3.63) is 29.1 Å². The molecule has 1 N–H and O–H groups in total. The summed E-state index contributed by atoms with van der Waals surface area (Å²) in [6.45, 7) is 3.99. The minimum Gasteiger partial charge on any atom is -0.378 e. The summed E-state index contributed by atoms with van der Waals surface area (Å²) in [5.74, 6) is 5.78. The summed E-state index contributed by atoms with van der Waals surface area (Å²) in [6, 6.07) is 2.05. The summed E-state index contributed by atoms with van der Waals surface area (Å²) in [5.41, 5.74) is 2.27. The van der Waals surface area contributed by atoms with E-state index >= 15 is 0 Å². The van der Waals surface area contributed by atoms with E-state index in [4.69, 9.17) is 0 Å². The third-order valence-electron chi connectivity index (χ3n) is 2.35. The Labute approximate surface area is 84.0 Å². The first-order chi connectivity index (χ1) is 6.59. The number of hydrogen-bond acceptors (Lipinski definition) is 2. The van der Waals surface area contributed by atoms with E-state index in [1.54, 1.807) is 6.20 Å². The van der Waals surface area contributed by atoms with Gasteiger partial charge in [-0.25, -0.2) is 4.98 Å². The van der Waals surface area contributed by atoms with Crippen LogP contribution in [0, 0.1) is 25.7 Å². The van der Waals surface area contributed by atoms with Gasteiger partial charge < -0.3 is 5.11 Å². The number of aromatic nitrogens is 1. The van der Waals surface area contributed by atoms with Crippen LogP contribution in [0.15, 0.2) is 12.3 Å². The van der Waals surface area contributed by atoms with Crippen LogP contribution in [0.5, 0.6) is 0 Å². The molecule has 1 heterocycles. The van der Waals surface area contributed by atoms with E-state index < -0.39 is 5.60 Å². The second kappa shape index (κ2) is 3.11. The molecule has 1 aliphatic carbocycles. The molecule has 0 aromatic carbocycles. The van der Waals surface area contributed by atoms with Gasteiger partial charge in [0.05, 0.1) is 0 Å². The molecule has 0 saturated heterocycles. The number of nitrogens with zero attached hydrogens (tertiary/aromatic N) is 1. The molecule has 1 aliphatic rings. The predicted octanol–water partition coefficient (Wildman–Crippen LogP) is 1.57. The van der Waals surface area contributed by atoms with Crippen molar-refractivity contribution < 1.29 is 5.11 Å². The highest BCUT2D eigenvalue weighted by molar-refractivity contribution is 5.39. The van der Waals surface area contributed by atoms with E-state index in [9.17, 15) is 5.11 Å². The Morgan fingerprint density at radius 3 is 2.71 bits per heavy atom. The quantitative estimate of drug-likeness (QED) is 0.625. The van der Waals surface area contributed by atoms with Gasteiger partial charge in [0.25, 0.3) is 0 Å². The molecule has 0 amide bonds. The third-order valence-corrected chi connectivity index (χ3v) is 2.35. The first-order valence-electron chi connectivity index (χ1n) is 4.78. The van der Waals surface area contributed by atoms with Gasteiger partial charge in [0.1, 0.15) is 11.3 Å². The molecule has 72 valence electrons. The fourth-order valence-corrected chi connectivity index (χ4v) is 1.27. The van der Waals surface area contributed by atoms with Crippen LogP contribution in [0.25, 0.3) is 0 Å². The number of pyridine rings is 1. The lowest BCUT2D eigenvalue weighted by molar-refractivity contribution is 0.212. The van der Waals surface area contributed by atoms with Gasteiger partial charge in [0, 0.05) is 6.20 Å². The van der Waals surface area contributed by atoms with Gasteiger partial charge in [-0.05, 0) is 43.7 Å². The Balaban J connectivity index is 2.27. The summed E-state index contributed by atoms with van der Waals surface area (Å²) in [4.78, 5) is 4.22. The monoisotopic (exact) mass is 187 g/mol. The molecule has 0 atom stereocenters. The smallest absolute Gasteiger partial charge is 0.126 e. The minimum absolute atomic E-state index is 0.709.